The molecule has 8 nitrogen and oxygen atoms in total. The van der Waals surface area contributed by atoms with Crippen LogP contribution in [0.3, 0.4) is 0 Å². The summed E-state index contributed by atoms with van der Waals surface area (Å²) in [6.07, 6.45) is 4.96. The number of rotatable bonds is 5. The molecule has 1 saturated carbocycles. The minimum atomic E-state index is -0.143. The summed E-state index contributed by atoms with van der Waals surface area (Å²) in [6.45, 7) is 4.02. The molecule has 2 heterocycles. The molecule has 35 heavy (non-hydrogen) atoms. The Hall–Kier alpha value is -2.63. The van der Waals surface area contributed by atoms with Crippen molar-refractivity contribution in [2.24, 2.45) is 17.8 Å². The highest BCUT2D eigenvalue weighted by Crippen LogP contribution is 2.40. The minimum Gasteiger partial charge on any atom is -0.343 e. The summed E-state index contributed by atoms with van der Waals surface area (Å²) < 4.78 is 0. The summed E-state index contributed by atoms with van der Waals surface area (Å²) in [5.41, 5.74) is 1.20. The molecule has 3 unspecified atom stereocenters. The van der Waals surface area contributed by atoms with Gasteiger partial charge in [-0.1, -0.05) is 17.7 Å². The van der Waals surface area contributed by atoms with Crippen molar-refractivity contribution in [1.82, 2.24) is 20.0 Å². The smallest absolute Gasteiger partial charge is 0.242 e. The predicted octanol–water partition coefficient (Wildman–Crippen LogP) is 2.60. The maximum Gasteiger partial charge on any atom is 0.242 e. The van der Waals surface area contributed by atoms with Gasteiger partial charge >= 0.3 is 0 Å². The molecule has 0 radical (unpaired) electrons. The predicted molar refractivity (Wildman–Crippen MR) is 132 cm³/mol. The quantitative estimate of drug-likeness (QED) is 0.671. The fraction of sp³-hybridized carbons (Fsp3) is 0.615. The van der Waals surface area contributed by atoms with Crippen LogP contribution >= 0.6 is 11.6 Å². The lowest BCUT2D eigenvalue weighted by molar-refractivity contribution is -0.148. The zero-order valence-electron chi connectivity index (χ0n) is 20.5. The molecule has 9 heteroatoms. The number of benzene rings is 1. The van der Waals surface area contributed by atoms with Gasteiger partial charge in [0.15, 0.2) is 0 Å². The van der Waals surface area contributed by atoms with E-state index in [9.17, 15) is 19.6 Å². The van der Waals surface area contributed by atoms with Crippen molar-refractivity contribution in [2.45, 2.75) is 51.6 Å². The van der Waals surface area contributed by atoms with Crippen LogP contribution in [0.5, 0.6) is 0 Å². The SMILES string of the molecule is CC(=O)N1CCC(C2CCC3NCN(CC(=O)N(C)Cc4ccc(Cl)c(C#N)c4)C(=O)C3C2)CC1. The molecule has 188 valence electrons. The van der Waals surface area contributed by atoms with Gasteiger partial charge in [-0.25, -0.2) is 0 Å². The van der Waals surface area contributed by atoms with E-state index in [4.69, 9.17) is 11.6 Å². The van der Waals surface area contributed by atoms with Crippen LogP contribution in [0.4, 0.5) is 0 Å². The van der Waals surface area contributed by atoms with Crippen molar-refractivity contribution in [3.8, 4) is 6.07 Å². The molecule has 3 aliphatic rings. The molecule has 2 aliphatic heterocycles. The summed E-state index contributed by atoms with van der Waals surface area (Å²) in [4.78, 5) is 43.1. The van der Waals surface area contributed by atoms with Gasteiger partial charge in [-0.15, -0.1) is 0 Å². The van der Waals surface area contributed by atoms with E-state index in [1.807, 2.05) is 4.90 Å². The monoisotopic (exact) mass is 499 g/mol. The highest BCUT2D eigenvalue weighted by Gasteiger charge is 2.43. The van der Waals surface area contributed by atoms with E-state index in [-0.39, 0.29) is 36.2 Å². The second kappa shape index (κ2) is 11.0. The number of nitrogens with zero attached hydrogens (tertiary/aromatic N) is 4. The number of nitrogens with one attached hydrogen (secondary N) is 1. The van der Waals surface area contributed by atoms with Crippen molar-refractivity contribution >= 4 is 29.3 Å². The summed E-state index contributed by atoms with van der Waals surface area (Å²) in [5, 5.41) is 13.1. The molecule has 2 saturated heterocycles. The van der Waals surface area contributed by atoms with Crippen molar-refractivity contribution in [3.05, 3.63) is 34.3 Å². The molecule has 3 fully saturated rings. The Bertz CT molecular complexity index is 1020. The summed E-state index contributed by atoms with van der Waals surface area (Å²) in [7, 11) is 1.71. The number of likely N-dealkylation sites (N-methyl/N-ethyl adjacent to an activating group) is 1. The average molecular weight is 500 g/mol. The lowest BCUT2D eigenvalue weighted by Crippen LogP contribution is -2.60. The number of piperidine rings is 1. The van der Waals surface area contributed by atoms with E-state index in [0.717, 1.165) is 50.8 Å². The lowest BCUT2D eigenvalue weighted by atomic mass is 9.69. The normalized spacial score (nSPS) is 25.1. The number of fused-ring (bicyclic) bond motifs is 1. The van der Waals surface area contributed by atoms with Crippen LogP contribution in [0, 0.1) is 29.1 Å². The first-order valence-corrected chi connectivity index (χ1v) is 12.8. The van der Waals surface area contributed by atoms with E-state index in [2.05, 4.69) is 11.4 Å². The second-order valence-corrected chi connectivity index (χ2v) is 10.6. The summed E-state index contributed by atoms with van der Waals surface area (Å²) in [6, 6.07) is 7.39. The first-order valence-electron chi connectivity index (χ1n) is 12.5. The van der Waals surface area contributed by atoms with Gasteiger partial charge in [0.25, 0.3) is 0 Å². The van der Waals surface area contributed by atoms with Gasteiger partial charge in [-0.2, -0.15) is 5.26 Å². The molecule has 1 aromatic carbocycles. The molecule has 1 aliphatic carbocycles. The van der Waals surface area contributed by atoms with Crippen LogP contribution in [0.25, 0.3) is 0 Å². The zero-order chi connectivity index (χ0) is 25.1. The Balaban J connectivity index is 1.32. The van der Waals surface area contributed by atoms with Crippen molar-refractivity contribution in [2.75, 3.05) is 33.4 Å². The molecule has 0 spiro atoms. The molecule has 0 aromatic heterocycles. The highest BCUT2D eigenvalue weighted by molar-refractivity contribution is 6.31. The van der Waals surface area contributed by atoms with E-state index in [1.165, 1.54) is 0 Å². The highest BCUT2D eigenvalue weighted by atomic mass is 35.5. The minimum absolute atomic E-state index is 0.0336. The fourth-order valence-corrected chi connectivity index (χ4v) is 6.07. The van der Waals surface area contributed by atoms with E-state index >= 15 is 0 Å². The van der Waals surface area contributed by atoms with Gasteiger partial charge in [-0.05, 0) is 61.6 Å². The molecule has 1 aromatic rings. The Morgan fingerprint density at radius 1 is 1.20 bits per heavy atom. The molecule has 3 amide bonds. The van der Waals surface area contributed by atoms with Crippen LogP contribution in [-0.2, 0) is 20.9 Å². The standard InChI is InChI=1S/C26H34ClN5O3/c1-17(33)31-9-7-19(8-10-31)20-4-6-24-22(12-20)26(35)32(16-29-24)15-25(34)30(2)14-18-3-5-23(27)21(11-18)13-28/h3,5,11,19-20,22,24,29H,4,6-10,12,14-16H2,1-2H3. The molecule has 1 N–H and O–H groups in total. The number of halogens is 1. The number of hydrogen-bond donors (Lipinski definition) is 1. The number of nitriles is 1. The third kappa shape index (κ3) is 5.79. The van der Waals surface area contributed by atoms with Gasteiger partial charge in [0.1, 0.15) is 12.6 Å². The number of amides is 3. The van der Waals surface area contributed by atoms with Gasteiger partial charge in [0.05, 0.1) is 23.2 Å². The number of carbonyl (C=O) groups is 3. The van der Waals surface area contributed by atoms with Crippen molar-refractivity contribution in [3.63, 3.8) is 0 Å². The Morgan fingerprint density at radius 2 is 1.94 bits per heavy atom. The van der Waals surface area contributed by atoms with E-state index < -0.39 is 0 Å². The van der Waals surface area contributed by atoms with Gasteiger partial charge in [-0.3, -0.25) is 19.7 Å². The number of hydrogen-bond acceptors (Lipinski definition) is 5. The largest absolute Gasteiger partial charge is 0.343 e. The van der Waals surface area contributed by atoms with Gasteiger partial charge in [0.2, 0.25) is 17.7 Å². The van der Waals surface area contributed by atoms with Crippen LogP contribution in [0.1, 0.15) is 50.2 Å². The van der Waals surface area contributed by atoms with E-state index in [0.29, 0.717) is 35.6 Å². The topological polar surface area (TPSA) is 96.8 Å². The first kappa shape index (κ1) is 25.5. The molecule has 4 rings (SSSR count). The molecular formula is C26H34ClN5O3. The fourth-order valence-electron chi connectivity index (χ4n) is 5.91. The van der Waals surface area contributed by atoms with E-state index in [1.54, 1.807) is 42.0 Å². The maximum atomic E-state index is 13.4. The van der Waals surface area contributed by atoms with Crippen LogP contribution < -0.4 is 5.32 Å². The number of likely N-dealkylation sites (tertiary alicyclic amines) is 1. The number of carbonyl (C=O) groups excluding carboxylic acids is 3. The van der Waals surface area contributed by atoms with Crippen molar-refractivity contribution in [1.29, 1.82) is 5.26 Å². The summed E-state index contributed by atoms with van der Waals surface area (Å²) >= 11 is 6.01. The zero-order valence-corrected chi connectivity index (χ0v) is 21.3. The molecule has 0 bridgehead atoms. The van der Waals surface area contributed by atoms with Gasteiger partial charge in [0, 0.05) is 39.6 Å². The lowest BCUT2D eigenvalue weighted by Gasteiger charge is -2.46. The average Bonchev–Trinajstić information content (AvgIpc) is 2.86. The Labute approximate surface area is 212 Å². The Kier molecular flexibility index (Phi) is 7.98. The van der Waals surface area contributed by atoms with Gasteiger partial charge < -0.3 is 14.7 Å². The first-order chi connectivity index (χ1) is 16.8. The van der Waals surface area contributed by atoms with Crippen LogP contribution in [0.15, 0.2) is 18.2 Å². The third-order valence-electron chi connectivity index (χ3n) is 8.04. The van der Waals surface area contributed by atoms with Crippen LogP contribution in [0.2, 0.25) is 5.02 Å². The third-order valence-corrected chi connectivity index (χ3v) is 8.37. The van der Waals surface area contributed by atoms with Crippen molar-refractivity contribution < 1.29 is 14.4 Å². The van der Waals surface area contributed by atoms with Crippen LogP contribution in [-0.4, -0.2) is 71.8 Å². The maximum absolute atomic E-state index is 13.4. The molecular weight excluding hydrogens is 466 g/mol. The Morgan fingerprint density at radius 3 is 2.63 bits per heavy atom. The molecule has 3 atom stereocenters. The second-order valence-electron chi connectivity index (χ2n) is 10.2. The summed E-state index contributed by atoms with van der Waals surface area (Å²) in [5.74, 6) is 1.02.